The van der Waals surface area contributed by atoms with Crippen molar-refractivity contribution in [3.63, 3.8) is 0 Å². The molecule has 0 amide bonds. The highest BCUT2D eigenvalue weighted by atomic mass is 127. The van der Waals surface area contributed by atoms with Gasteiger partial charge in [-0.05, 0) is 34.7 Å². The van der Waals surface area contributed by atoms with Gasteiger partial charge in [0.15, 0.2) is 0 Å². The zero-order chi connectivity index (χ0) is 7.56. The Kier molecular flexibility index (Phi) is 2.73. The Labute approximate surface area is 77.7 Å². The number of rotatable bonds is 1. The van der Waals surface area contributed by atoms with Crippen molar-refractivity contribution in [3.05, 3.63) is 20.9 Å². The molecule has 54 valence electrons. The maximum atomic E-state index is 5.60. The van der Waals surface area contributed by atoms with Gasteiger partial charge < -0.3 is 4.74 Å². The molecular formula is C6H5ClINO. The largest absolute Gasteiger partial charge is 0.480 e. The molecule has 1 rings (SSSR count). The van der Waals surface area contributed by atoms with E-state index in [1.54, 1.807) is 13.2 Å². The first-order valence-electron chi connectivity index (χ1n) is 2.60. The van der Waals surface area contributed by atoms with Crippen molar-refractivity contribution in [2.45, 2.75) is 0 Å². The normalized spacial score (nSPS) is 9.50. The molecule has 0 aliphatic rings. The summed E-state index contributed by atoms with van der Waals surface area (Å²) in [6, 6.07) is 3.58. The molecular weight excluding hydrogens is 264 g/mol. The molecule has 0 atom stereocenters. The Morgan fingerprint density at radius 2 is 2.30 bits per heavy atom. The van der Waals surface area contributed by atoms with Gasteiger partial charge in [0.25, 0.3) is 0 Å². The van der Waals surface area contributed by atoms with E-state index in [0.717, 1.165) is 3.57 Å². The fourth-order valence-corrected chi connectivity index (χ4v) is 1.20. The Bertz CT molecular complexity index is 241. The zero-order valence-electron chi connectivity index (χ0n) is 5.27. The Morgan fingerprint density at radius 1 is 1.60 bits per heavy atom. The first kappa shape index (κ1) is 8.07. The first-order chi connectivity index (χ1) is 4.74. The van der Waals surface area contributed by atoms with Crippen LogP contribution in [0.15, 0.2) is 12.1 Å². The quantitative estimate of drug-likeness (QED) is 0.577. The van der Waals surface area contributed by atoms with E-state index in [2.05, 4.69) is 27.6 Å². The third-order valence-corrected chi connectivity index (χ3v) is 2.00. The van der Waals surface area contributed by atoms with Crippen molar-refractivity contribution in [2.24, 2.45) is 0 Å². The van der Waals surface area contributed by atoms with Crippen LogP contribution in [-0.2, 0) is 0 Å². The van der Waals surface area contributed by atoms with Gasteiger partial charge in [0.05, 0.1) is 10.7 Å². The number of halogens is 2. The molecule has 0 fully saturated rings. The molecule has 0 saturated carbocycles. The van der Waals surface area contributed by atoms with Crippen molar-refractivity contribution >= 4 is 34.2 Å². The molecule has 1 heterocycles. The number of pyridine rings is 1. The van der Waals surface area contributed by atoms with Crippen molar-refractivity contribution < 1.29 is 4.74 Å². The first-order valence-corrected chi connectivity index (χ1v) is 4.05. The van der Waals surface area contributed by atoms with Crippen LogP contribution < -0.4 is 4.74 Å². The zero-order valence-corrected chi connectivity index (χ0v) is 8.18. The van der Waals surface area contributed by atoms with Crippen LogP contribution >= 0.6 is 34.2 Å². The van der Waals surface area contributed by atoms with E-state index in [1.807, 2.05) is 6.07 Å². The average Bonchev–Trinajstić information content (AvgIpc) is 1.94. The lowest BCUT2D eigenvalue weighted by molar-refractivity contribution is 0.395. The summed E-state index contributed by atoms with van der Waals surface area (Å²) < 4.78 is 5.89. The van der Waals surface area contributed by atoms with Crippen molar-refractivity contribution in [1.29, 1.82) is 0 Å². The van der Waals surface area contributed by atoms with Crippen LogP contribution in [0, 0.1) is 3.57 Å². The van der Waals surface area contributed by atoms with Crippen LogP contribution in [0.5, 0.6) is 5.88 Å². The second kappa shape index (κ2) is 3.39. The van der Waals surface area contributed by atoms with E-state index in [-0.39, 0.29) is 0 Å². The lowest BCUT2D eigenvalue weighted by Gasteiger charge is -1.99. The number of hydrogen-bond acceptors (Lipinski definition) is 2. The number of hydrogen-bond donors (Lipinski definition) is 0. The summed E-state index contributed by atoms with van der Waals surface area (Å²) >= 11 is 7.73. The summed E-state index contributed by atoms with van der Waals surface area (Å²) in [5.74, 6) is 0.577. The van der Waals surface area contributed by atoms with Gasteiger partial charge in [-0.1, -0.05) is 11.6 Å². The maximum Gasteiger partial charge on any atom is 0.228 e. The minimum absolute atomic E-state index is 0.456. The van der Waals surface area contributed by atoms with E-state index < -0.39 is 0 Å². The van der Waals surface area contributed by atoms with Gasteiger partial charge in [0.2, 0.25) is 5.88 Å². The van der Waals surface area contributed by atoms with Crippen LogP contribution in [-0.4, -0.2) is 12.1 Å². The van der Waals surface area contributed by atoms with Crippen LogP contribution in [0.2, 0.25) is 5.15 Å². The van der Waals surface area contributed by atoms with Crippen molar-refractivity contribution in [2.75, 3.05) is 7.11 Å². The number of aromatic nitrogens is 1. The Hall–Kier alpha value is -0.0300. The molecule has 0 aliphatic carbocycles. The molecule has 0 radical (unpaired) electrons. The molecule has 0 spiro atoms. The highest BCUT2D eigenvalue weighted by molar-refractivity contribution is 14.1. The molecule has 2 nitrogen and oxygen atoms in total. The lowest BCUT2D eigenvalue weighted by Crippen LogP contribution is -1.89. The second-order valence-corrected chi connectivity index (χ2v) is 3.17. The van der Waals surface area contributed by atoms with Crippen LogP contribution in [0.3, 0.4) is 0 Å². The number of methoxy groups -OCH3 is 1. The van der Waals surface area contributed by atoms with Gasteiger partial charge in [0, 0.05) is 0 Å². The molecule has 0 unspecified atom stereocenters. The minimum Gasteiger partial charge on any atom is -0.480 e. The summed E-state index contributed by atoms with van der Waals surface area (Å²) in [5.41, 5.74) is 0. The molecule has 0 N–H and O–H groups in total. The molecule has 0 aromatic carbocycles. The summed E-state index contributed by atoms with van der Waals surface area (Å²) in [6.07, 6.45) is 0. The predicted octanol–water partition coefficient (Wildman–Crippen LogP) is 2.35. The summed E-state index contributed by atoms with van der Waals surface area (Å²) in [4.78, 5) is 3.93. The monoisotopic (exact) mass is 269 g/mol. The van der Waals surface area contributed by atoms with E-state index in [9.17, 15) is 0 Å². The molecule has 1 aromatic heterocycles. The molecule has 10 heavy (non-hydrogen) atoms. The summed E-state index contributed by atoms with van der Waals surface area (Å²) in [7, 11) is 1.57. The minimum atomic E-state index is 0.456. The van der Waals surface area contributed by atoms with Gasteiger partial charge in [0.1, 0.15) is 5.15 Å². The van der Waals surface area contributed by atoms with E-state index >= 15 is 0 Å². The standard InChI is InChI=1S/C6H5ClINO/c1-10-6-4(8)2-3-5(7)9-6/h2-3H,1H3. The SMILES string of the molecule is COc1nc(Cl)ccc1I. The molecule has 0 saturated heterocycles. The maximum absolute atomic E-state index is 5.60. The van der Waals surface area contributed by atoms with Gasteiger partial charge in [-0.25, -0.2) is 4.98 Å². The van der Waals surface area contributed by atoms with Crippen molar-refractivity contribution in [1.82, 2.24) is 4.98 Å². The third-order valence-electron chi connectivity index (χ3n) is 0.973. The predicted molar refractivity (Wildman–Crippen MR) is 48.5 cm³/mol. The fraction of sp³-hybridized carbons (Fsp3) is 0.167. The topological polar surface area (TPSA) is 22.1 Å². The highest BCUT2D eigenvalue weighted by Crippen LogP contribution is 2.19. The number of ether oxygens (including phenoxy) is 1. The smallest absolute Gasteiger partial charge is 0.228 e. The van der Waals surface area contributed by atoms with Gasteiger partial charge in [-0.3, -0.25) is 0 Å². The van der Waals surface area contributed by atoms with Crippen LogP contribution in [0.25, 0.3) is 0 Å². The molecule has 0 bridgehead atoms. The Balaban J connectivity index is 3.09. The second-order valence-electron chi connectivity index (χ2n) is 1.63. The van der Waals surface area contributed by atoms with Gasteiger partial charge in [-0.2, -0.15) is 0 Å². The average molecular weight is 269 g/mol. The lowest BCUT2D eigenvalue weighted by atomic mass is 10.5. The van der Waals surface area contributed by atoms with Gasteiger partial charge in [-0.15, -0.1) is 0 Å². The van der Waals surface area contributed by atoms with E-state index in [1.165, 1.54) is 0 Å². The fourth-order valence-electron chi connectivity index (χ4n) is 0.544. The molecule has 0 aliphatic heterocycles. The number of nitrogens with zero attached hydrogens (tertiary/aromatic N) is 1. The van der Waals surface area contributed by atoms with Crippen molar-refractivity contribution in [3.8, 4) is 5.88 Å². The third kappa shape index (κ3) is 1.73. The van der Waals surface area contributed by atoms with E-state index in [4.69, 9.17) is 16.3 Å². The highest BCUT2D eigenvalue weighted by Gasteiger charge is 1.99. The van der Waals surface area contributed by atoms with Crippen LogP contribution in [0.1, 0.15) is 0 Å². The summed E-state index contributed by atoms with van der Waals surface area (Å²) in [5, 5.41) is 0.456. The summed E-state index contributed by atoms with van der Waals surface area (Å²) in [6.45, 7) is 0. The van der Waals surface area contributed by atoms with Crippen LogP contribution in [0.4, 0.5) is 0 Å². The Morgan fingerprint density at radius 3 is 2.80 bits per heavy atom. The van der Waals surface area contributed by atoms with E-state index in [0.29, 0.717) is 11.0 Å². The van der Waals surface area contributed by atoms with Gasteiger partial charge >= 0.3 is 0 Å². The molecule has 1 aromatic rings. The molecule has 4 heteroatoms.